The standard InChI is InChI=1S/C13H26N2/c1-15(11-12-7-6-10-14-12)13-8-4-2-3-5-9-13/h12-14H,2-11H2,1H3/t12-/m0/s1. The van der Waals surface area contributed by atoms with E-state index in [9.17, 15) is 0 Å². The summed E-state index contributed by atoms with van der Waals surface area (Å²) in [4.78, 5) is 2.62. The fourth-order valence-electron chi connectivity index (χ4n) is 3.11. The molecule has 2 fully saturated rings. The van der Waals surface area contributed by atoms with Crippen LogP contribution >= 0.6 is 0 Å². The van der Waals surface area contributed by atoms with Gasteiger partial charge in [-0.25, -0.2) is 0 Å². The lowest BCUT2D eigenvalue weighted by molar-refractivity contribution is 0.203. The van der Waals surface area contributed by atoms with E-state index in [1.165, 1.54) is 64.5 Å². The molecule has 0 aromatic heterocycles. The Morgan fingerprint density at radius 3 is 2.33 bits per heavy atom. The van der Waals surface area contributed by atoms with E-state index in [0.29, 0.717) is 0 Å². The zero-order valence-electron chi connectivity index (χ0n) is 10.2. The van der Waals surface area contributed by atoms with Gasteiger partial charge in [0.15, 0.2) is 0 Å². The molecule has 0 unspecified atom stereocenters. The highest BCUT2D eigenvalue weighted by molar-refractivity contribution is 4.80. The van der Waals surface area contributed by atoms with Gasteiger partial charge >= 0.3 is 0 Å². The van der Waals surface area contributed by atoms with Crippen molar-refractivity contribution in [3.05, 3.63) is 0 Å². The van der Waals surface area contributed by atoms with Gasteiger partial charge in [-0.1, -0.05) is 25.7 Å². The summed E-state index contributed by atoms with van der Waals surface area (Å²) >= 11 is 0. The summed E-state index contributed by atoms with van der Waals surface area (Å²) in [5, 5.41) is 3.60. The molecule has 2 aliphatic rings. The van der Waals surface area contributed by atoms with E-state index in [-0.39, 0.29) is 0 Å². The lowest BCUT2D eigenvalue weighted by Crippen LogP contribution is -2.40. The van der Waals surface area contributed by atoms with Gasteiger partial charge in [-0.2, -0.15) is 0 Å². The van der Waals surface area contributed by atoms with E-state index in [4.69, 9.17) is 0 Å². The molecule has 2 nitrogen and oxygen atoms in total. The highest BCUT2D eigenvalue weighted by atomic mass is 15.2. The van der Waals surface area contributed by atoms with Crippen LogP contribution in [0.5, 0.6) is 0 Å². The number of hydrogen-bond donors (Lipinski definition) is 1. The van der Waals surface area contributed by atoms with Crippen LogP contribution in [0.25, 0.3) is 0 Å². The van der Waals surface area contributed by atoms with Gasteiger partial charge < -0.3 is 10.2 Å². The topological polar surface area (TPSA) is 15.3 Å². The first-order chi connectivity index (χ1) is 7.36. The van der Waals surface area contributed by atoms with Gasteiger partial charge in [0, 0.05) is 18.6 Å². The Hall–Kier alpha value is -0.0800. The Kier molecular flexibility index (Phi) is 4.45. The third-order valence-electron chi connectivity index (χ3n) is 4.12. The van der Waals surface area contributed by atoms with Crippen molar-refractivity contribution in [2.24, 2.45) is 0 Å². The Labute approximate surface area is 94.4 Å². The van der Waals surface area contributed by atoms with Gasteiger partial charge in [0.05, 0.1) is 0 Å². The van der Waals surface area contributed by atoms with Gasteiger partial charge in [-0.3, -0.25) is 0 Å². The first kappa shape index (κ1) is 11.4. The lowest BCUT2D eigenvalue weighted by atomic mass is 10.1. The average Bonchev–Trinajstić information content (AvgIpc) is 2.58. The molecule has 1 saturated carbocycles. The van der Waals surface area contributed by atoms with E-state index in [1.807, 2.05) is 0 Å². The smallest absolute Gasteiger partial charge is 0.0195 e. The number of nitrogens with zero attached hydrogens (tertiary/aromatic N) is 1. The van der Waals surface area contributed by atoms with Crippen LogP contribution < -0.4 is 5.32 Å². The number of hydrogen-bond acceptors (Lipinski definition) is 2. The van der Waals surface area contributed by atoms with E-state index in [0.717, 1.165) is 12.1 Å². The number of nitrogens with one attached hydrogen (secondary N) is 1. The highest BCUT2D eigenvalue weighted by Gasteiger charge is 2.21. The van der Waals surface area contributed by atoms with E-state index >= 15 is 0 Å². The van der Waals surface area contributed by atoms with Crippen LogP contribution in [-0.4, -0.2) is 37.1 Å². The third-order valence-corrected chi connectivity index (χ3v) is 4.12. The second kappa shape index (κ2) is 5.86. The molecule has 0 radical (unpaired) electrons. The highest BCUT2D eigenvalue weighted by Crippen LogP contribution is 2.21. The molecule has 0 spiro atoms. The van der Waals surface area contributed by atoms with Crippen molar-refractivity contribution in [1.29, 1.82) is 0 Å². The minimum absolute atomic E-state index is 0.776. The van der Waals surface area contributed by atoms with Gasteiger partial charge in [-0.15, -0.1) is 0 Å². The summed E-state index contributed by atoms with van der Waals surface area (Å²) in [6, 6.07) is 1.65. The second-order valence-corrected chi connectivity index (χ2v) is 5.38. The molecule has 1 saturated heterocycles. The Morgan fingerprint density at radius 2 is 1.73 bits per heavy atom. The predicted molar refractivity (Wildman–Crippen MR) is 65.1 cm³/mol. The largest absolute Gasteiger partial charge is 0.313 e. The van der Waals surface area contributed by atoms with Gasteiger partial charge in [0.25, 0.3) is 0 Å². The minimum atomic E-state index is 0.776. The average molecular weight is 210 g/mol. The molecular formula is C13H26N2. The zero-order chi connectivity index (χ0) is 10.5. The summed E-state index contributed by atoms with van der Waals surface area (Å²) in [7, 11) is 2.33. The maximum atomic E-state index is 3.60. The van der Waals surface area contributed by atoms with E-state index in [2.05, 4.69) is 17.3 Å². The minimum Gasteiger partial charge on any atom is -0.313 e. The van der Waals surface area contributed by atoms with Crippen LogP contribution in [0.2, 0.25) is 0 Å². The maximum Gasteiger partial charge on any atom is 0.0195 e. The second-order valence-electron chi connectivity index (χ2n) is 5.38. The van der Waals surface area contributed by atoms with Crippen molar-refractivity contribution in [2.45, 2.75) is 63.5 Å². The molecule has 1 atom stereocenters. The van der Waals surface area contributed by atoms with Crippen molar-refractivity contribution in [2.75, 3.05) is 20.1 Å². The molecule has 1 heterocycles. The molecule has 2 heteroatoms. The van der Waals surface area contributed by atoms with Crippen molar-refractivity contribution in [3.8, 4) is 0 Å². The number of rotatable bonds is 3. The maximum absolute atomic E-state index is 3.60. The Morgan fingerprint density at radius 1 is 1.00 bits per heavy atom. The Bertz CT molecular complexity index is 167. The van der Waals surface area contributed by atoms with Gasteiger partial charge in [0.2, 0.25) is 0 Å². The molecule has 2 rings (SSSR count). The number of likely N-dealkylation sites (N-methyl/N-ethyl adjacent to an activating group) is 1. The van der Waals surface area contributed by atoms with Crippen LogP contribution in [0, 0.1) is 0 Å². The molecule has 1 aliphatic heterocycles. The zero-order valence-corrected chi connectivity index (χ0v) is 10.2. The molecule has 15 heavy (non-hydrogen) atoms. The van der Waals surface area contributed by atoms with Gasteiger partial charge in [0.1, 0.15) is 0 Å². The summed E-state index contributed by atoms with van der Waals surface area (Å²) in [5.74, 6) is 0. The van der Waals surface area contributed by atoms with E-state index < -0.39 is 0 Å². The van der Waals surface area contributed by atoms with Crippen molar-refractivity contribution in [1.82, 2.24) is 10.2 Å². The third kappa shape index (κ3) is 3.46. The molecular weight excluding hydrogens is 184 g/mol. The van der Waals surface area contributed by atoms with Crippen LogP contribution in [0.4, 0.5) is 0 Å². The van der Waals surface area contributed by atoms with Crippen LogP contribution in [0.15, 0.2) is 0 Å². The van der Waals surface area contributed by atoms with Crippen molar-refractivity contribution >= 4 is 0 Å². The molecule has 1 N–H and O–H groups in total. The molecule has 0 bridgehead atoms. The summed E-state index contributed by atoms with van der Waals surface area (Å²) in [5.41, 5.74) is 0. The molecule has 1 aliphatic carbocycles. The fraction of sp³-hybridized carbons (Fsp3) is 1.00. The molecule has 0 aromatic carbocycles. The summed E-state index contributed by atoms with van der Waals surface area (Å²) < 4.78 is 0. The normalized spacial score (nSPS) is 29.6. The van der Waals surface area contributed by atoms with Crippen LogP contribution in [0.3, 0.4) is 0 Å². The molecule has 88 valence electrons. The van der Waals surface area contributed by atoms with Crippen molar-refractivity contribution in [3.63, 3.8) is 0 Å². The van der Waals surface area contributed by atoms with Crippen LogP contribution in [-0.2, 0) is 0 Å². The van der Waals surface area contributed by atoms with Crippen molar-refractivity contribution < 1.29 is 0 Å². The summed E-state index contributed by atoms with van der Waals surface area (Å²) in [6.45, 7) is 2.51. The van der Waals surface area contributed by atoms with Crippen LogP contribution in [0.1, 0.15) is 51.4 Å². The monoisotopic (exact) mass is 210 g/mol. The Balaban J connectivity index is 1.74. The predicted octanol–water partition coefficient (Wildman–Crippen LogP) is 2.39. The molecule has 0 aromatic rings. The SMILES string of the molecule is CN(C[C@@H]1CCCN1)C1CCCCCC1. The first-order valence-corrected chi connectivity index (χ1v) is 6.80. The summed E-state index contributed by atoms with van der Waals surface area (Å²) in [6.07, 6.45) is 11.5. The van der Waals surface area contributed by atoms with E-state index in [1.54, 1.807) is 0 Å². The fourth-order valence-corrected chi connectivity index (χ4v) is 3.11. The lowest BCUT2D eigenvalue weighted by Gasteiger charge is -2.29. The first-order valence-electron chi connectivity index (χ1n) is 6.80. The molecule has 0 amide bonds. The quantitative estimate of drug-likeness (QED) is 0.720. The van der Waals surface area contributed by atoms with Gasteiger partial charge in [-0.05, 0) is 39.3 Å².